The molecule has 0 spiro atoms. The van der Waals surface area contributed by atoms with E-state index in [2.05, 4.69) is 40.8 Å². The van der Waals surface area contributed by atoms with Gasteiger partial charge in [-0.1, -0.05) is 42.5 Å². The number of hydrogen-bond acceptors (Lipinski definition) is 3. The number of aryl methyl sites for hydroxylation is 1. The van der Waals surface area contributed by atoms with Gasteiger partial charge in [0.15, 0.2) is 0 Å². The molecule has 1 heterocycles. The fourth-order valence-electron chi connectivity index (χ4n) is 3.44. The number of carbonyl (C=O) groups is 2. The molecular formula is C22H27N3O2. The van der Waals surface area contributed by atoms with E-state index in [9.17, 15) is 9.59 Å². The van der Waals surface area contributed by atoms with E-state index in [-0.39, 0.29) is 0 Å². The molecule has 0 unspecified atom stereocenters. The van der Waals surface area contributed by atoms with Gasteiger partial charge in [0.05, 0.1) is 0 Å². The Kier molecular flexibility index (Phi) is 6.47. The van der Waals surface area contributed by atoms with Gasteiger partial charge in [0, 0.05) is 32.4 Å². The minimum atomic E-state index is -0.571. The highest BCUT2D eigenvalue weighted by Gasteiger charge is 2.14. The summed E-state index contributed by atoms with van der Waals surface area (Å²) < 4.78 is 0. The number of hydrogen-bond donors (Lipinski definition) is 2. The molecule has 2 aromatic carbocycles. The Balaban J connectivity index is 1.39. The number of rotatable bonds is 6. The van der Waals surface area contributed by atoms with Crippen LogP contribution in [-0.4, -0.2) is 38.5 Å². The first-order valence-corrected chi connectivity index (χ1v) is 9.56. The average Bonchev–Trinajstić information content (AvgIpc) is 2.69. The normalized spacial score (nSPS) is 13.0. The van der Waals surface area contributed by atoms with Crippen LogP contribution in [0.15, 0.2) is 48.5 Å². The van der Waals surface area contributed by atoms with Gasteiger partial charge in [0.1, 0.15) is 0 Å². The molecule has 0 radical (unpaired) electrons. The van der Waals surface area contributed by atoms with E-state index in [1.165, 1.54) is 23.2 Å². The fraction of sp³-hybridized carbons (Fsp3) is 0.364. The zero-order valence-electron chi connectivity index (χ0n) is 15.8. The predicted molar refractivity (Wildman–Crippen MR) is 108 cm³/mol. The zero-order chi connectivity index (χ0) is 19.1. The molecule has 27 heavy (non-hydrogen) atoms. The number of anilines is 1. The van der Waals surface area contributed by atoms with Gasteiger partial charge in [-0.05, 0) is 48.4 Å². The second-order valence-corrected chi connectivity index (χ2v) is 6.99. The summed E-state index contributed by atoms with van der Waals surface area (Å²) in [6.45, 7) is 2.01. The lowest BCUT2D eigenvalue weighted by molar-refractivity contribution is -0.139. The van der Waals surface area contributed by atoms with Crippen LogP contribution < -0.4 is 15.5 Å². The lowest BCUT2D eigenvalue weighted by Crippen LogP contribution is -2.41. The summed E-state index contributed by atoms with van der Waals surface area (Å²) in [5, 5.41) is 5.38. The summed E-state index contributed by atoms with van der Waals surface area (Å²) in [6.07, 6.45) is 3.71. The Morgan fingerprint density at radius 1 is 0.926 bits per heavy atom. The Hall–Kier alpha value is -2.82. The van der Waals surface area contributed by atoms with Gasteiger partial charge in [-0.15, -0.1) is 0 Å². The molecule has 2 aromatic rings. The first kappa shape index (κ1) is 19.0. The third-order valence-electron chi connectivity index (χ3n) is 4.94. The van der Waals surface area contributed by atoms with Crippen molar-refractivity contribution in [3.63, 3.8) is 0 Å². The SMILES string of the molecule is CN1CCCc2cc(CCNC(=O)C(=O)NCCc3ccccc3)ccc21. The highest BCUT2D eigenvalue weighted by molar-refractivity contribution is 6.35. The molecule has 2 amide bonds. The highest BCUT2D eigenvalue weighted by atomic mass is 16.2. The average molecular weight is 365 g/mol. The Labute approximate surface area is 160 Å². The van der Waals surface area contributed by atoms with Gasteiger partial charge < -0.3 is 15.5 Å². The van der Waals surface area contributed by atoms with E-state index in [4.69, 9.17) is 0 Å². The van der Waals surface area contributed by atoms with Crippen LogP contribution in [-0.2, 0) is 28.9 Å². The number of amides is 2. The maximum absolute atomic E-state index is 11.9. The van der Waals surface area contributed by atoms with E-state index < -0.39 is 11.8 Å². The monoisotopic (exact) mass is 365 g/mol. The number of fused-ring (bicyclic) bond motifs is 1. The summed E-state index contributed by atoms with van der Waals surface area (Å²) in [6, 6.07) is 16.4. The van der Waals surface area contributed by atoms with Crippen LogP contribution in [0.25, 0.3) is 0 Å². The largest absolute Gasteiger partial charge is 0.374 e. The summed E-state index contributed by atoms with van der Waals surface area (Å²) in [7, 11) is 2.12. The third-order valence-corrected chi connectivity index (χ3v) is 4.94. The van der Waals surface area contributed by atoms with E-state index >= 15 is 0 Å². The van der Waals surface area contributed by atoms with Gasteiger partial charge >= 0.3 is 11.8 Å². The quantitative estimate of drug-likeness (QED) is 0.771. The molecule has 0 saturated heterocycles. The van der Waals surface area contributed by atoms with Crippen LogP contribution in [0.4, 0.5) is 5.69 Å². The standard InChI is InChI=1S/C22H27N3O2/c1-25-15-5-8-19-16-18(9-10-20(19)25)12-14-24-22(27)21(26)23-13-11-17-6-3-2-4-7-17/h2-4,6-7,9-10,16H,5,8,11-15H2,1H3,(H,23,26)(H,24,27). The van der Waals surface area contributed by atoms with Crippen molar-refractivity contribution in [1.29, 1.82) is 0 Å². The van der Waals surface area contributed by atoms with E-state index in [1.807, 2.05) is 30.3 Å². The van der Waals surface area contributed by atoms with E-state index in [0.717, 1.165) is 24.9 Å². The first-order valence-electron chi connectivity index (χ1n) is 9.56. The van der Waals surface area contributed by atoms with E-state index in [0.29, 0.717) is 19.5 Å². The number of nitrogens with one attached hydrogen (secondary N) is 2. The smallest absolute Gasteiger partial charge is 0.309 e. The zero-order valence-corrected chi connectivity index (χ0v) is 15.8. The Morgan fingerprint density at radius 3 is 2.30 bits per heavy atom. The predicted octanol–water partition coefficient (Wildman–Crippen LogP) is 2.09. The molecule has 142 valence electrons. The summed E-state index contributed by atoms with van der Waals surface area (Å²) in [4.78, 5) is 26.1. The van der Waals surface area contributed by atoms with Crippen LogP contribution in [0.3, 0.4) is 0 Å². The Morgan fingerprint density at radius 2 is 1.59 bits per heavy atom. The van der Waals surface area contributed by atoms with Crippen LogP contribution in [0.1, 0.15) is 23.1 Å². The molecule has 5 nitrogen and oxygen atoms in total. The second kappa shape index (κ2) is 9.21. The molecule has 0 bridgehead atoms. The maximum atomic E-state index is 11.9. The topological polar surface area (TPSA) is 61.4 Å². The molecule has 0 saturated carbocycles. The van der Waals surface area contributed by atoms with Gasteiger partial charge in [-0.25, -0.2) is 0 Å². The lowest BCUT2D eigenvalue weighted by atomic mass is 9.98. The minimum absolute atomic E-state index is 0.453. The van der Waals surface area contributed by atoms with Crippen molar-refractivity contribution in [2.75, 3.05) is 31.6 Å². The van der Waals surface area contributed by atoms with Crippen LogP contribution in [0, 0.1) is 0 Å². The maximum Gasteiger partial charge on any atom is 0.309 e. The van der Waals surface area contributed by atoms with Crippen molar-refractivity contribution in [1.82, 2.24) is 10.6 Å². The van der Waals surface area contributed by atoms with E-state index in [1.54, 1.807) is 0 Å². The van der Waals surface area contributed by atoms with Crippen LogP contribution in [0.5, 0.6) is 0 Å². The molecule has 3 rings (SSSR count). The molecule has 2 N–H and O–H groups in total. The highest BCUT2D eigenvalue weighted by Crippen LogP contribution is 2.26. The summed E-state index contributed by atoms with van der Waals surface area (Å²) >= 11 is 0. The van der Waals surface area contributed by atoms with Crippen molar-refractivity contribution >= 4 is 17.5 Å². The molecule has 1 aliphatic rings. The Bertz CT molecular complexity index is 789. The molecule has 1 aliphatic heterocycles. The number of carbonyl (C=O) groups excluding carboxylic acids is 2. The third kappa shape index (κ3) is 5.33. The van der Waals surface area contributed by atoms with Crippen molar-refractivity contribution in [2.45, 2.75) is 25.7 Å². The van der Waals surface area contributed by atoms with Crippen molar-refractivity contribution in [3.05, 3.63) is 65.2 Å². The van der Waals surface area contributed by atoms with Crippen molar-refractivity contribution in [2.24, 2.45) is 0 Å². The van der Waals surface area contributed by atoms with Crippen molar-refractivity contribution < 1.29 is 9.59 Å². The fourth-order valence-corrected chi connectivity index (χ4v) is 3.44. The molecule has 0 aromatic heterocycles. The number of benzene rings is 2. The van der Waals surface area contributed by atoms with Gasteiger partial charge in [-0.3, -0.25) is 9.59 Å². The van der Waals surface area contributed by atoms with Gasteiger partial charge in [0.25, 0.3) is 0 Å². The molecule has 5 heteroatoms. The van der Waals surface area contributed by atoms with Crippen molar-refractivity contribution in [3.8, 4) is 0 Å². The van der Waals surface area contributed by atoms with Gasteiger partial charge in [0.2, 0.25) is 0 Å². The lowest BCUT2D eigenvalue weighted by Gasteiger charge is -2.27. The minimum Gasteiger partial charge on any atom is -0.374 e. The summed E-state index contributed by atoms with van der Waals surface area (Å²) in [5.74, 6) is -1.14. The molecular weight excluding hydrogens is 338 g/mol. The first-order chi connectivity index (χ1) is 13.1. The molecule has 0 fully saturated rings. The van der Waals surface area contributed by atoms with Gasteiger partial charge in [-0.2, -0.15) is 0 Å². The van der Waals surface area contributed by atoms with Crippen LogP contribution >= 0.6 is 0 Å². The second-order valence-electron chi connectivity index (χ2n) is 6.99. The molecule has 0 aliphatic carbocycles. The summed E-state index contributed by atoms with van der Waals surface area (Å²) in [5.41, 5.74) is 4.99. The van der Waals surface area contributed by atoms with Crippen LogP contribution in [0.2, 0.25) is 0 Å². The molecule has 0 atom stereocenters. The number of nitrogens with zero attached hydrogens (tertiary/aromatic N) is 1.